The molecule has 1 aliphatic rings. The number of anilines is 1. The van der Waals surface area contributed by atoms with Gasteiger partial charge in [-0.2, -0.15) is 0 Å². The highest BCUT2D eigenvalue weighted by Gasteiger charge is 2.26. The Balaban J connectivity index is 1.55. The summed E-state index contributed by atoms with van der Waals surface area (Å²) in [5.74, 6) is -3.71. The van der Waals surface area contributed by atoms with Gasteiger partial charge in [-0.3, -0.25) is 9.59 Å². The normalized spacial score (nSPS) is 13.7. The van der Waals surface area contributed by atoms with E-state index < -0.39 is 17.5 Å². The van der Waals surface area contributed by atoms with Crippen molar-refractivity contribution in [1.29, 1.82) is 0 Å². The van der Waals surface area contributed by atoms with Crippen LogP contribution in [0.2, 0.25) is 0 Å². The third kappa shape index (κ3) is 6.07. The van der Waals surface area contributed by atoms with E-state index in [0.29, 0.717) is 45.2 Å². The van der Waals surface area contributed by atoms with Gasteiger partial charge in [0.05, 0.1) is 11.1 Å². The molecule has 0 radical (unpaired) electrons. The van der Waals surface area contributed by atoms with Crippen molar-refractivity contribution in [3.63, 3.8) is 0 Å². The third-order valence-electron chi connectivity index (χ3n) is 6.90. The van der Waals surface area contributed by atoms with Gasteiger partial charge in [-0.15, -0.1) is 11.8 Å². The Hall–Kier alpha value is -3.50. The van der Waals surface area contributed by atoms with Crippen LogP contribution in [0.1, 0.15) is 52.3 Å². The molecule has 1 aromatic heterocycles. The number of amides is 2. The first-order valence-corrected chi connectivity index (χ1v) is 13.7. The lowest BCUT2D eigenvalue weighted by Gasteiger charge is -2.18. The second-order valence-electron chi connectivity index (χ2n) is 9.28. The molecule has 39 heavy (non-hydrogen) atoms. The Morgan fingerprint density at radius 2 is 1.79 bits per heavy atom. The van der Waals surface area contributed by atoms with E-state index in [0.717, 1.165) is 49.1 Å². The van der Waals surface area contributed by atoms with Crippen molar-refractivity contribution in [1.82, 2.24) is 15.2 Å². The van der Waals surface area contributed by atoms with Crippen LogP contribution in [0.4, 0.5) is 18.9 Å². The van der Waals surface area contributed by atoms with Crippen molar-refractivity contribution >= 4 is 40.9 Å². The highest BCUT2D eigenvalue weighted by molar-refractivity contribution is 7.98. The van der Waals surface area contributed by atoms with E-state index in [1.807, 2.05) is 13.8 Å². The number of carbonyl (C=O) groups is 2. The van der Waals surface area contributed by atoms with Crippen LogP contribution in [0.15, 0.2) is 35.2 Å². The standard InChI is InChI=1S/C29H31F3N4O2S/c1-5-36(6-2)12-11-33-29(38)26-16(3)25(34-17(26)4)14-20-19-13-18(7-10-24(19)35-28(20)37)39-15-21-22(30)8-9-23(31)27(21)32/h7-10,13-14,34H,5-6,11-12,15H2,1-4H3,(H,33,38)(H,35,37)/b20-14-. The van der Waals surface area contributed by atoms with E-state index in [1.165, 1.54) is 0 Å². The van der Waals surface area contributed by atoms with Gasteiger partial charge in [0.15, 0.2) is 11.6 Å². The summed E-state index contributed by atoms with van der Waals surface area (Å²) in [6.07, 6.45) is 1.70. The number of thioether (sulfide) groups is 1. The van der Waals surface area contributed by atoms with Crippen LogP contribution in [0.25, 0.3) is 11.6 Å². The zero-order valence-electron chi connectivity index (χ0n) is 22.3. The molecular formula is C29H31F3N4O2S. The fourth-order valence-corrected chi connectivity index (χ4v) is 5.56. The number of nitrogens with one attached hydrogen (secondary N) is 3. The number of rotatable bonds is 10. The van der Waals surface area contributed by atoms with Gasteiger partial charge in [-0.1, -0.05) is 13.8 Å². The third-order valence-corrected chi connectivity index (χ3v) is 7.92. The van der Waals surface area contributed by atoms with Gasteiger partial charge in [0, 0.05) is 51.9 Å². The van der Waals surface area contributed by atoms with Gasteiger partial charge in [0.2, 0.25) is 0 Å². The number of H-pyrrole nitrogens is 1. The highest BCUT2D eigenvalue weighted by Crippen LogP contribution is 2.37. The maximum atomic E-state index is 14.1. The number of carbonyl (C=O) groups excluding carboxylic acids is 2. The van der Waals surface area contributed by atoms with E-state index in [9.17, 15) is 22.8 Å². The average molecular weight is 557 g/mol. The van der Waals surface area contributed by atoms with Crippen LogP contribution in [0, 0.1) is 31.3 Å². The molecule has 2 aromatic carbocycles. The molecule has 0 saturated carbocycles. The number of fused-ring (bicyclic) bond motifs is 1. The molecule has 0 spiro atoms. The zero-order chi connectivity index (χ0) is 28.3. The summed E-state index contributed by atoms with van der Waals surface area (Å²) in [6.45, 7) is 10.9. The number of benzene rings is 2. The average Bonchev–Trinajstić information content (AvgIpc) is 3.38. The summed E-state index contributed by atoms with van der Waals surface area (Å²) >= 11 is 1.14. The van der Waals surface area contributed by atoms with E-state index in [-0.39, 0.29) is 23.1 Å². The van der Waals surface area contributed by atoms with Crippen molar-refractivity contribution in [2.24, 2.45) is 0 Å². The van der Waals surface area contributed by atoms with Gasteiger partial charge < -0.3 is 20.5 Å². The SMILES string of the molecule is CCN(CC)CCNC(=O)c1c(C)[nH]c(/C=C2\C(=O)Nc3ccc(SCc4c(F)ccc(F)c4F)cc32)c1C. The lowest BCUT2D eigenvalue weighted by Crippen LogP contribution is -2.35. The Bertz CT molecular complexity index is 1450. The Morgan fingerprint density at radius 3 is 2.51 bits per heavy atom. The zero-order valence-corrected chi connectivity index (χ0v) is 23.1. The van der Waals surface area contributed by atoms with Crippen LogP contribution in [-0.2, 0) is 10.5 Å². The van der Waals surface area contributed by atoms with Gasteiger partial charge in [-0.05, 0) is 68.9 Å². The molecule has 0 unspecified atom stereocenters. The molecule has 0 atom stereocenters. The summed E-state index contributed by atoms with van der Waals surface area (Å²) < 4.78 is 41.7. The van der Waals surface area contributed by atoms with Crippen LogP contribution in [-0.4, -0.2) is 47.9 Å². The van der Waals surface area contributed by atoms with Crippen LogP contribution in [0.3, 0.4) is 0 Å². The number of aromatic amines is 1. The van der Waals surface area contributed by atoms with Crippen molar-refractivity contribution in [3.05, 3.63) is 81.4 Å². The van der Waals surface area contributed by atoms with Crippen LogP contribution in [0.5, 0.6) is 0 Å². The molecule has 206 valence electrons. The number of nitrogens with zero attached hydrogens (tertiary/aromatic N) is 1. The summed E-state index contributed by atoms with van der Waals surface area (Å²) in [7, 11) is 0. The molecule has 3 N–H and O–H groups in total. The molecule has 0 bridgehead atoms. The first-order chi connectivity index (χ1) is 18.6. The molecule has 0 saturated heterocycles. The number of halogens is 3. The molecule has 4 rings (SSSR count). The maximum Gasteiger partial charge on any atom is 0.256 e. The van der Waals surface area contributed by atoms with E-state index in [2.05, 4.69) is 34.4 Å². The molecule has 6 nitrogen and oxygen atoms in total. The second kappa shape index (κ2) is 12.1. The molecule has 2 amide bonds. The topological polar surface area (TPSA) is 77.2 Å². The van der Waals surface area contributed by atoms with Crippen molar-refractivity contribution < 1.29 is 22.8 Å². The Labute approximate surface area is 230 Å². The number of aryl methyl sites for hydroxylation is 1. The summed E-state index contributed by atoms with van der Waals surface area (Å²) in [4.78, 5) is 31.9. The minimum Gasteiger partial charge on any atom is -0.358 e. The molecule has 10 heteroatoms. The Kier molecular flexibility index (Phi) is 8.87. The van der Waals surface area contributed by atoms with E-state index in [4.69, 9.17) is 0 Å². The second-order valence-corrected chi connectivity index (χ2v) is 10.3. The fourth-order valence-electron chi connectivity index (χ4n) is 4.62. The lowest BCUT2D eigenvalue weighted by molar-refractivity contribution is -0.110. The minimum absolute atomic E-state index is 0.115. The monoisotopic (exact) mass is 556 g/mol. The maximum absolute atomic E-state index is 14.1. The molecule has 3 aromatic rings. The quantitative estimate of drug-likeness (QED) is 0.165. The highest BCUT2D eigenvalue weighted by atomic mass is 32.2. The number of likely N-dealkylation sites (N-methyl/N-ethyl adjacent to an activating group) is 1. The first kappa shape index (κ1) is 28.5. The molecule has 1 aliphatic heterocycles. The molecule has 0 aliphatic carbocycles. The summed E-state index contributed by atoms with van der Waals surface area (Å²) in [5.41, 5.74) is 3.89. The van der Waals surface area contributed by atoms with Crippen molar-refractivity contribution in [3.8, 4) is 0 Å². The predicted octanol–water partition coefficient (Wildman–Crippen LogP) is 5.91. The van der Waals surface area contributed by atoms with Crippen molar-refractivity contribution in [2.45, 2.75) is 38.3 Å². The van der Waals surface area contributed by atoms with Gasteiger partial charge in [0.25, 0.3) is 11.8 Å². The lowest BCUT2D eigenvalue weighted by atomic mass is 10.0. The fraction of sp³-hybridized carbons (Fsp3) is 0.310. The van der Waals surface area contributed by atoms with Crippen molar-refractivity contribution in [2.75, 3.05) is 31.5 Å². The molecule has 2 heterocycles. The molecular weight excluding hydrogens is 525 g/mol. The Morgan fingerprint density at radius 1 is 1.08 bits per heavy atom. The number of hydrogen-bond acceptors (Lipinski definition) is 4. The molecule has 0 fully saturated rings. The van der Waals surface area contributed by atoms with E-state index >= 15 is 0 Å². The van der Waals surface area contributed by atoms with E-state index in [1.54, 1.807) is 24.3 Å². The predicted molar refractivity (Wildman–Crippen MR) is 149 cm³/mol. The van der Waals surface area contributed by atoms with Crippen LogP contribution < -0.4 is 10.6 Å². The van der Waals surface area contributed by atoms with Gasteiger partial charge in [0.1, 0.15) is 5.82 Å². The first-order valence-electron chi connectivity index (χ1n) is 12.8. The van der Waals surface area contributed by atoms with Crippen LogP contribution >= 0.6 is 11.8 Å². The summed E-state index contributed by atoms with van der Waals surface area (Å²) in [5, 5.41) is 5.80. The van der Waals surface area contributed by atoms with Gasteiger partial charge in [-0.25, -0.2) is 13.2 Å². The summed E-state index contributed by atoms with van der Waals surface area (Å²) in [6, 6.07) is 6.86. The van der Waals surface area contributed by atoms with Gasteiger partial charge >= 0.3 is 0 Å². The minimum atomic E-state index is -1.20. The largest absolute Gasteiger partial charge is 0.358 e. The number of aromatic nitrogens is 1. The number of hydrogen-bond donors (Lipinski definition) is 3. The smallest absolute Gasteiger partial charge is 0.256 e.